The fourth-order valence-electron chi connectivity index (χ4n) is 0.382. The number of carbonyl (C=O) groups is 1. The van der Waals surface area contributed by atoms with Gasteiger partial charge < -0.3 is 0 Å². The third-order valence-electron chi connectivity index (χ3n) is 1.06. The molecule has 0 aliphatic carbocycles. The minimum atomic E-state index is -0.157. The molecule has 2 nitrogen and oxygen atoms in total. The quantitative estimate of drug-likeness (QED) is 0.592. The first-order valence-electron chi connectivity index (χ1n) is 2.56. The van der Waals surface area contributed by atoms with E-state index in [2.05, 4.69) is 0 Å². The first-order chi connectivity index (χ1) is 3.72. The minimum absolute atomic E-state index is 0.0162. The van der Waals surface area contributed by atoms with Gasteiger partial charge in [-0.3, -0.25) is 0 Å². The zero-order valence-corrected chi connectivity index (χ0v) is 6.67. The molecule has 0 amide bonds. The molecule has 0 aromatic rings. The summed E-state index contributed by atoms with van der Waals surface area (Å²) in [5.41, 5.74) is 0. The molecular weight excluding hydrogens is 171 g/mol. The summed E-state index contributed by atoms with van der Waals surface area (Å²) in [5, 5.41) is 8.47. The van der Waals surface area contributed by atoms with E-state index < -0.39 is 0 Å². The Labute approximate surface area is 57.1 Å². The van der Waals surface area contributed by atoms with Crippen LogP contribution in [0.1, 0.15) is 13.3 Å². The van der Waals surface area contributed by atoms with Crippen molar-refractivity contribution in [3.8, 4) is 0 Å². The first kappa shape index (κ1) is 8.15. The van der Waals surface area contributed by atoms with Crippen LogP contribution >= 0.6 is 0 Å². The first-order valence-corrected chi connectivity index (χ1v) is 3.49. The van der Waals surface area contributed by atoms with Crippen molar-refractivity contribution in [2.45, 2.75) is 13.3 Å². The third kappa shape index (κ3) is 2.46. The average molecular weight is 181 g/mol. The van der Waals surface area contributed by atoms with Crippen LogP contribution in [0.3, 0.4) is 0 Å². The van der Waals surface area contributed by atoms with E-state index in [-0.39, 0.29) is 17.2 Å². The van der Waals surface area contributed by atoms with E-state index in [1.807, 2.05) is 22.9 Å². The number of aliphatic hydroxyl groups is 1. The zero-order chi connectivity index (χ0) is 6.57. The van der Waals surface area contributed by atoms with Gasteiger partial charge in [0.1, 0.15) is 0 Å². The van der Waals surface area contributed by atoms with Crippen LogP contribution in [0, 0.1) is 5.92 Å². The van der Waals surface area contributed by atoms with Gasteiger partial charge in [0, 0.05) is 0 Å². The molecule has 48 valence electrons. The third-order valence-corrected chi connectivity index (χ3v) is 1.83. The van der Waals surface area contributed by atoms with Crippen molar-refractivity contribution in [1.29, 1.82) is 0 Å². The van der Waals surface area contributed by atoms with Crippen molar-refractivity contribution in [2.24, 2.45) is 5.92 Å². The number of rotatable bonds is 3. The van der Waals surface area contributed by atoms with E-state index in [9.17, 15) is 4.79 Å². The number of hydrogen-bond acceptors (Lipinski definition) is 2. The van der Waals surface area contributed by atoms with Gasteiger partial charge in [0.15, 0.2) is 0 Å². The molecule has 0 rings (SSSR count). The molecule has 8 heavy (non-hydrogen) atoms. The van der Waals surface area contributed by atoms with Crippen LogP contribution in [-0.4, -0.2) is 32.4 Å². The standard InChI is InChI=1S/C5H10O2Se/c1-2-4(3-6)5(7)8/h4,6H,2-3H2,1H3,(H,7,8). The number of hydrogen-bond donors (Lipinski definition) is 1. The second-order valence-corrected chi connectivity index (χ2v) is 2.55. The molecule has 0 aliphatic heterocycles. The molecule has 0 bridgehead atoms. The number of carbonyl (C=O) groups excluding carboxylic acids is 1. The van der Waals surface area contributed by atoms with Gasteiger partial charge in [0.05, 0.1) is 0 Å². The maximum atomic E-state index is 10.4. The van der Waals surface area contributed by atoms with Gasteiger partial charge in [0.2, 0.25) is 0 Å². The monoisotopic (exact) mass is 182 g/mol. The van der Waals surface area contributed by atoms with Gasteiger partial charge in [-0.05, 0) is 0 Å². The van der Waals surface area contributed by atoms with Crippen LogP contribution in [-0.2, 0) is 4.79 Å². The normalized spacial score (nSPS) is 13.4. The number of aliphatic hydroxyl groups excluding tert-OH is 1. The molecule has 0 aromatic carbocycles. The Morgan fingerprint density at radius 3 is 2.38 bits per heavy atom. The molecule has 3 heteroatoms. The molecule has 1 atom stereocenters. The summed E-state index contributed by atoms with van der Waals surface area (Å²) in [7, 11) is 0. The summed E-state index contributed by atoms with van der Waals surface area (Å²) in [6, 6.07) is 0. The second kappa shape index (κ2) is 4.07. The Morgan fingerprint density at radius 1 is 1.88 bits per heavy atom. The molecule has 0 fully saturated rings. The molecule has 0 spiro atoms. The van der Waals surface area contributed by atoms with Gasteiger partial charge in [-0.15, -0.1) is 0 Å². The molecule has 1 N–H and O–H groups in total. The van der Waals surface area contributed by atoms with E-state index in [1.54, 1.807) is 0 Å². The van der Waals surface area contributed by atoms with Crippen LogP contribution in [0.25, 0.3) is 0 Å². The summed E-state index contributed by atoms with van der Waals surface area (Å²) < 4.78 is 0.0162. The fourth-order valence-corrected chi connectivity index (χ4v) is 0.936. The van der Waals surface area contributed by atoms with Crippen molar-refractivity contribution in [3.63, 3.8) is 0 Å². The second-order valence-electron chi connectivity index (χ2n) is 1.63. The van der Waals surface area contributed by atoms with Crippen LogP contribution < -0.4 is 0 Å². The maximum absolute atomic E-state index is 10.4. The van der Waals surface area contributed by atoms with Gasteiger partial charge in [-0.1, -0.05) is 0 Å². The Balaban J connectivity index is 3.52. The van der Waals surface area contributed by atoms with Crippen molar-refractivity contribution in [2.75, 3.05) is 6.61 Å². The van der Waals surface area contributed by atoms with Crippen molar-refractivity contribution < 1.29 is 9.90 Å². The molecule has 0 heterocycles. The van der Waals surface area contributed by atoms with Crippen molar-refractivity contribution in [3.05, 3.63) is 0 Å². The predicted octanol–water partition coefficient (Wildman–Crippen LogP) is -0.568. The summed E-state index contributed by atoms with van der Waals surface area (Å²) in [6.07, 6.45) is 0.726. The van der Waals surface area contributed by atoms with Crippen LogP contribution in [0.4, 0.5) is 0 Å². The SMILES string of the molecule is CCC(CO)C(=O)[SeH]. The summed E-state index contributed by atoms with van der Waals surface area (Å²) in [4.78, 5) is 10.4. The van der Waals surface area contributed by atoms with Gasteiger partial charge >= 0.3 is 56.5 Å². The van der Waals surface area contributed by atoms with E-state index in [0.29, 0.717) is 0 Å². The molecule has 0 saturated carbocycles. The topological polar surface area (TPSA) is 37.3 Å². The van der Waals surface area contributed by atoms with Gasteiger partial charge in [-0.2, -0.15) is 0 Å². The Kier molecular flexibility index (Phi) is 4.15. The summed E-state index contributed by atoms with van der Waals surface area (Å²) in [5.74, 6) is -0.157. The molecule has 0 radical (unpaired) electrons. The Bertz CT molecular complexity index is 78.5. The average Bonchev–Trinajstić information content (AvgIpc) is 1.69. The van der Waals surface area contributed by atoms with Crippen LogP contribution in [0.15, 0.2) is 0 Å². The predicted molar refractivity (Wildman–Crippen MR) is 33.0 cm³/mol. The Hall–Kier alpha value is 0.149. The Morgan fingerprint density at radius 2 is 2.38 bits per heavy atom. The summed E-state index contributed by atoms with van der Waals surface area (Å²) in [6.45, 7) is 1.86. The van der Waals surface area contributed by atoms with Crippen LogP contribution in [0.5, 0.6) is 0 Å². The van der Waals surface area contributed by atoms with Gasteiger partial charge in [-0.25, -0.2) is 0 Å². The molecule has 0 saturated heterocycles. The molecular formula is C5H10O2Se. The van der Waals surface area contributed by atoms with E-state index in [4.69, 9.17) is 5.11 Å². The zero-order valence-electron chi connectivity index (χ0n) is 4.79. The fraction of sp³-hybridized carbons (Fsp3) is 0.800. The van der Waals surface area contributed by atoms with E-state index >= 15 is 0 Å². The van der Waals surface area contributed by atoms with E-state index in [1.165, 1.54) is 0 Å². The van der Waals surface area contributed by atoms with E-state index in [0.717, 1.165) is 6.42 Å². The molecule has 0 aromatic heterocycles. The van der Waals surface area contributed by atoms with Crippen molar-refractivity contribution >= 4 is 20.7 Å². The molecule has 0 aliphatic rings. The summed E-state index contributed by atoms with van der Waals surface area (Å²) >= 11 is 1.92. The van der Waals surface area contributed by atoms with Gasteiger partial charge in [0.25, 0.3) is 0 Å². The van der Waals surface area contributed by atoms with Crippen molar-refractivity contribution in [1.82, 2.24) is 0 Å². The molecule has 1 unspecified atom stereocenters. The van der Waals surface area contributed by atoms with Crippen LogP contribution in [0.2, 0.25) is 0 Å².